The van der Waals surface area contributed by atoms with E-state index in [4.69, 9.17) is 16.3 Å². The monoisotopic (exact) mass is 608 g/mol. The SMILES string of the molecule is COc1ccc(N(CCC(=O)N(C)C2CCSc3ccc(Br)cc32)S(=O)(=O)c2cccc(Cl)c2)cc1. The van der Waals surface area contributed by atoms with Gasteiger partial charge in [-0.2, -0.15) is 0 Å². The van der Waals surface area contributed by atoms with Crippen molar-refractivity contribution < 1.29 is 17.9 Å². The van der Waals surface area contributed by atoms with Gasteiger partial charge in [0.25, 0.3) is 10.0 Å². The van der Waals surface area contributed by atoms with E-state index in [1.165, 1.54) is 16.4 Å². The van der Waals surface area contributed by atoms with E-state index >= 15 is 0 Å². The number of rotatable bonds is 8. The minimum absolute atomic E-state index is 0.0167. The fourth-order valence-corrected chi connectivity index (χ4v) is 7.42. The van der Waals surface area contributed by atoms with Gasteiger partial charge in [-0.05, 0) is 72.6 Å². The van der Waals surface area contributed by atoms with Gasteiger partial charge in [0, 0.05) is 40.2 Å². The van der Waals surface area contributed by atoms with Gasteiger partial charge in [0.2, 0.25) is 5.91 Å². The standard InChI is InChI=1S/C26H26BrClN2O4S2/c1-29(24-13-15-35-25-11-6-18(27)16-23(24)25)26(31)12-14-30(20-7-9-21(34-2)10-8-20)36(32,33)22-5-3-4-19(28)17-22/h3-11,16-17,24H,12-15H2,1-2H3. The van der Waals surface area contributed by atoms with Crippen molar-refractivity contribution >= 4 is 60.9 Å². The molecule has 0 aromatic heterocycles. The Balaban J connectivity index is 1.59. The van der Waals surface area contributed by atoms with Crippen molar-refractivity contribution in [2.75, 3.05) is 30.8 Å². The Hall–Kier alpha value is -2.20. The van der Waals surface area contributed by atoms with Gasteiger partial charge in [0.15, 0.2) is 0 Å². The molecule has 0 spiro atoms. The molecule has 0 radical (unpaired) electrons. The van der Waals surface area contributed by atoms with Crippen LogP contribution in [0.5, 0.6) is 5.75 Å². The van der Waals surface area contributed by atoms with E-state index < -0.39 is 10.0 Å². The van der Waals surface area contributed by atoms with Crippen molar-refractivity contribution in [1.29, 1.82) is 0 Å². The van der Waals surface area contributed by atoms with Gasteiger partial charge in [-0.1, -0.05) is 33.6 Å². The van der Waals surface area contributed by atoms with Crippen LogP contribution in [0.4, 0.5) is 5.69 Å². The molecule has 0 saturated carbocycles. The van der Waals surface area contributed by atoms with Gasteiger partial charge in [-0.25, -0.2) is 8.42 Å². The summed E-state index contributed by atoms with van der Waals surface area (Å²) in [6, 6.07) is 18.9. The van der Waals surface area contributed by atoms with Crippen LogP contribution in [0.25, 0.3) is 0 Å². The highest BCUT2D eigenvalue weighted by Gasteiger charge is 2.30. The zero-order chi connectivity index (χ0) is 25.9. The minimum Gasteiger partial charge on any atom is -0.497 e. The lowest BCUT2D eigenvalue weighted by molar-refractivity contribution is -0.132. The molecule has 1 unspecified atom stereocenters. The number of carbonyl (C=O) groups excluding carboxylic acids is 1. The van der Waals surface area contributed by atoms with Gasteiger partial charge in [0.1, 0.15) is 5.75 Å². The molecule has 1 aliphatic rings. The number of amides is 1. The maximum Gasteiger partial charge on any atom is 0.264 e. The largest absolute Gasteiger partial charge is 0.497 e. The third kappa shape index (κ3) is 5.85. The molecule has 0 N–H and O–H groups in total. The van der Waals surface area contributed by atoms with Crippen LogP contribution >= 0.6 is 39.3 Å². The molecule has 3 aromatic rings. The molecule has 1 amide bonds. The molecule has 190 valence electrons. The number of nitrogens with zero attached hydrogens (tertiary/aromatic N) is 2. The van der Waals surface area contributed by atoms with E-state index in [1.54, 1.807) is 67.2 Å². The number of thioether (sulfide) groups is 1. The number of hydrogen-bond donors (Lipinski definition) is 0. The molecule has 4 rings (SSSR count). The number of methoxy groups -OCH3 is 1. The number of hydrogen-bond acceptors (Lipinski definition) is 5. The number of ether oxygens (including phenoxy) is 1. The van der Waals surface area contributed by atoms with Crippen LogP contribution in [0.3, 0.4) is 0 Å². The quantitative estimate of drug-likeness (QED) is 0.296. The molecule has 36 heavy (non-hydrogen) atoms. The number of fused-ring (bicyclic) bond motifs is 1. The molecule has 6 nitrogen and oxygen atoms in total. The van der Waals surface area contributed by atoms with Crippen molar-refractivity contribution in [1.82, 2.24) is 4.90 Å². The Kier molecular flexibility index (Phi) is 8.55. The normalized spacial score (nSPS) is 15.2. The van der Waals surface area contributed by atoms with Gasteiger partial charge in [-0.15, -0.1) is 11.8 Å². The van der Waals surface area contributed by atoms with Crippen molar-refractivity contribution in [2.45, 2.75) is 28.7 Å². The minimum atomic E-state index is -3.97. The van der Waals surface area contributed by atoms with Crippen LogP contribution in [0.1, 0.15) is 24.4 Å². The van der Waals surface area contributed by atoms with Crippen molar-refractivity contribution in [3.63, 3.8) is 0 Å². The van der Waals surface area contributed by atoms with Gasteiger partial charge >= 0.3 is 0 Å². The zero-order valence-corrected chi connectivity index (χ0v) is 23.8. The number of benzene rings is 3. The number of halogens is 2. The summed E-state index contributed by atoms with van der Waals surface area (Å²) in [4.78, 5) is 16.3. The maximum absolute atomic E-state index is 13.6. The molecule has 1 aliphatic heterocycles. The highest BCUT2D eigenvalue weighted by molar-refractivity contribution is 9.10. The number of anilines is 1. The van der Waals surface area contributed by atoms with Gasteiger partial charge in [0.05, 0.1) is 23.7 Å². The number of carbonyl (C=O) groups is 1. The smallest absolute Gasteiger partial charge is 0.264 e. The molecule has 1 atom stereocenters. The first-order chi connectivity index (χ1) is 17.2. The van der Waals surface area contributed by atoms with Crippen LogP contribution < -0.4 is 9.04 Å². The fraction of sp³-hybridized carbons (Fsp3) is 0.269. The van der Waals surface area contributed by atoms with Crippen LogP contribution in [0.15, 0.2) is 81.0 Å². The summed E-state index contributed by atoms with van der Waals surface area (Å²) in [6.45, 7) is -0.0167. The molecule has 10 heteroatoms. The predicted molar refractivity (Wildman–Crippen MR) is 149 cm³/mol. The topological polar surface area (TPSA) is 66.9 Å². The molecule has 0 fully saturated rings. The first-order valence-electron chi connectivity index (χ1n) is 11.3. The van der Waals surface area contributed by atoms with E-state index in [0.717, 1.165) is 27.1 Å². The molecule has 1 heterocycles. The second-order valence-corrected chi connectivity index (χ2v) is 12.7. The maximum atomic E-state index is 13.6. The molecule has 0 bridgehead atoms. The van der Waals surface area contributed by atoms with Crippen molar-refractivity contribution in [3.05, 3.63) is 81.8 Å². The molecule has 0 saturated heterocycles. The highest BCUT2D eigenvalue weighted by atomic mass is 79.9. The molecule has 0 aliphatic carbocycles. The molecular weight excluding hydrogens is 584 g/mol. The lowest BCUT2D eigenvalue weighted by atomic mass is 10.0. The van der Waals surface area contributed by atoms with Gasteiger partial charge < -0.3 is 9.64 Å². The van der Waals surface area contributed by atoms with Crippen LogP contribution in [-0.4, -0.2) is 45.7 Å². The Morgan fingerprint density at radius 3 is 2.58 bits per heavy atom. The highest BCUT2D eigenvalue weighted by Crippen LogP contribution is 2.40. The zero-order valence-electron chi connectivity index (χ0n) is 19.9. The summed E-state index contributed by atoms with van der Waals surface area (Å²) in [7, 11) is -0.634. The lowest BCUT2D eigenvalue weighted by Crippen LogP contribution is -2.38. The summed E-state index contributed by atoms with van der Waals surface area (Å²) < 4.78 is 34.7. The first-order valence-corrected chi connectivity index (χ1v) is 14.9. The van der Waals surface area contributed by atoms with Crippen molar-refractivity contribution in [3.8, 4) is 5.75 Å². The average Bonchev–Trinajstić information content (AvgIpc) is 2.88. The second-order valence-electron chi connectivity index (χ2n) is 8.32. The van der Waals surface area contributed by atoms with E-state index in [1.807, 2.05) is 6.07 Å². The third-order valence-electron chi connectivity index (χ3n) is 6.11. The summed E-state index contributed by atoms with van der Waals surface area (Å²) >= 11 is 11.4. The summed E-state index contributed by atoms with van der Waals surface area (Å²) in [6.07, 6.45) is 0.856. The Morgan fingerprint density at radius 2 is 1.89 bits per heavy atom. The molecule has 3 aromatic carbocycles. The fourth-order valence-electron chi connectivity index (χ4n) is 4.19. The number of sulfonamides is 1. The Bertz CT molecular complexity index is 1350. The Morgan fingerprint density at radius 1 is 1.14 bits per heavy atom. The summed E-state index contributed by atoms with van der Waals surface area (Å²) in [5, 5.41) is 0.321. The lowest BCUT2D eigenvalue weighted by Gasteiger charge is -2.34. The average molecular weight is 610 g/mol. The third-order valence-corrected chi connectivity index (χ3v) is 9.79. The Labute approximate surface area is 229 Å². The van der Waals surface area contributed by atoms with Crippen LogP contribution in [0, 0.1) is 0 Å². The van der Waals surface area contributed by atoms with Crippen LogP contribution in [-0.2, 0) is 14.8 Å². The predicted octanol–water partition coefficient (Wildman–Crippen LogP) is 6.39. The van der Waals surface area contributed by atoms with Gasteiger partial charge in [-0.3, -0.25) is 9.10 Å². The van der Waals surface area contributed by atoms with E-state index in [2.05, 4.69) is 28.1 Å². The molecular formula is C26H26BrClN2O4S2. The summed E-state index contributed by atoms with van der Waals surface area (Å²) in [5.41, 5.74) is 1.55. The van der Waals surface area contributed by atoms with Crippen molar-refractivity contribution in [2.24, 2.45) is 0 Å². The van der Waals surface area contributed by atoms with E-state index in [-0.39, 0.29) is 29.8 Å². The second kappa shape index (κ2) is 11.5. The van der Waals surface area contributed by atoms with E-state index in [9.17, 15) is 13.2 Å². The first kappa shape index (κ1) is 26.9. The van der Waals surface area contributed by atoms with E-state index in [0.29, 0.717) is 16.5 Å². The summed E-state index contributed by atoms with van der Waals surface area (Å²) in [5.74, 6) is 1.39. The van der Waals surface area contributed by atoms with Crippen LogP contribution in [0.2, 0.25) is 5.02 Å².